The summed E-state index contributed by atoms with van der Waals surface area (Å²) in [4.78, 5) is 14.1. The number of fused-ring (bicyclic) bond motifs is 1. The summed E-state index contributed by atoms with van der Waals surface area (Å²) in [5.74, 6) is -0.520. The summed E-state index contributed by atoms with van der Waals surface area (Å²) in [5.41, 5.74) is 1.01. The number of halogens is 1. The Balaban J connectivity index is 2.74. The van der Waals surface area contributed by atoms with Gasteiger partial charge >= 0.3 is 0 Å². The van der Waals surface area contributed by atoms with Crippen molar-refractivity contribution >= 4 is 28.3 Å². The highest BCUT2D eigenvalue weighted by molar-refractivity contribution is 6.32. The molecule has 1 heterocycles. The van der Waals surface area contributed by atoms with Crippen LogP contribution in [0.2, 0.25) is 0 Å². The van der Waals surface area contributed by atoms with Crippen molar-refractivity contribution in [2.75, 3.05) is 5.88 Å². The molecule has 0 spiro atoms. The zero-order chi connectivity index (χ0) is 10.1. The normalized spacial score (nSPS) is 10.6. The van der Waals surface area contributed by atoms with E-state index in [1.807, 2.05) is 6.07 Å². The highest BCUT2D eigenvalue weighted by Gasteiger charge is 2.16. The average Bonchev–Trinajstić information content (AvgIpc) is 2.53. The Bertz CT molecular complexity index is 490. The minimum Gasteiger partial charge on any atom is -0.494 e. The molecule has 0 unspecified atom stereocenters. The van der Waals surface area contributed by atoms with E-state index >= 15 is 0 Å². The largest absolute Gasteiger partial charge is 0.494 e. The Kier molecular flexibility index (Phi) is 2.17. The van der Waals surface area contributed by atoms with Crippen LogP contribution >= 0.6 is 11.6 Å². The maximum atomic E-state index is 11.4. The predicted octanol–water partition coefficient (Wildman–Crippen LogP) is 2.29. The van der Waals surface area contributed by atoms with Crippen LogP contribution < -0.4 is 0 Å². The van der Waals surface area contributed by atoms with Crippen LogP contribution in [0.4, 0.5) is 0 Å². The average molecular weight is 210 g/mol. The number of carbonyl (C=O) groups excluding carboxylic acids is 1. The minimum absolute atomic E-state index is 0.114. The van der Waals surface area contributed by atoms with Crippen molar-refractivity contribution in [1.82, 2.24) is 4.98 Å². The van der Waals surface area contributed by atoms with E-state index in [-0.39, 0.29) is 23.1 Å². The Morgan fingerprint density at radius 1 is 1.43 bits per heavy atom. The van der Waals surface area contributed by atoms with Gasteiger partial charge in [-0.3, -0.25) is 4.79 Å². The third-order valence-corrected chi connectivity index (χ3v) is 2.33. The number of H-pyrrole nitrogens is 1. The molecule has 2 N–H and O–H groups in total. The number of benzene rings is 1. The number of hydrogen-bond acceptors (Lipinski definition) is 2. The number of carbonyl (C=O) groups is 1. The Labute approximate surface area is 85.3 Å². The van der Waals surface area contributed by atoms with Crippen molar-refractivity contribution in [3.63, 3.8) is 0 Å². The molecular weight excluding hydrogens is 202 g/mol. The van der Waals surface area contributed by atoms with E-state index in [0.717, 1.165) is 5.52 Å². The molecule has 2 aromatic rings. The Morgan fingerprint density at radius 3 is 2.86 bits per heavy atom. The zero-order valence-electron chi connectivity index (χ0n) is 7.25. The van der Waals surface area contributed by atoms with Gasteiger partial charge in [0.2, 0.25) is 5.88 Å². The number of aromatic hydroxyl groups is 1. The smallest absolute Gasteiger partial charge is 0.200 e. The number of alkyl halides is 1. The van der Waals surface area contributed by atoms with Crippen LogP contribution in [-0.2, 0) is 0 Å². The van der Waals surface area contributed by atoms with Gasteiger partial charge in [0.1, 0.15) is 0 Å². The lowest BCUT2D eigenvalue weighted by Crippen LogP contribution is -1.98. The second-order valence-electron chi connectivity index (χ2n) is 2.95. The topological polar surface area (TPSA) is 53.1 Å². The van der Waals surface area contributed by atoms with Crippen molar-refractivity contribution in [3.05, 3.63) is 29.8 Å². The van der Waals surface area contributed by atoms with Gasteiger partial charge in [-0.15, -0.1) is 11.6 Å². The molecule has 0 bridgehead atoms. The van der Waals surface area contributed by atoms with Crippen LogP contribution in [0.25, 0.3) is 10.9 Å². The summed E-state index contributed by atoms with van der Waals surface area (Å²) in [6.45, 7) is 0. The molecule has 72 valence electrons. The van der Waals surface area contributed by atoms with Crippen molar-refractivity contribution in [1.29, 1.82) is 0 Å². The molecule has 0 fully saturated rings. The van der Waals surface area contributed by atoms with E-state index in [1.54, 1.807) is 18.2 Å². The van der Waals surface area contributed by atoms with Crippen molar-refractivity contribution in [2.45, 2.75) is 0 Å². The fourth-order valence-corrected chi connectivity index (χ4v) is 1.61. The third-order valence-electron chi connectivity index (χ3n) is 2.09. The monoisotopic (exact) mass is 209 g/mol. The fraction of sp³-hybridized carbons (Fsp3) is 0.100. The summed E-state index contributed by atoms with van der Waals surface area (Å²) in [5, 5.41) is 10.2. The highest BCUT2D eigenvalue weighted by Crippen LogP contribution is 2.27. The molecule has 0 amide bonds. The lowest BCUT2D eigenvalue weighted by molar-refractivity contribution is 0.102. The lowest BCUT2D eigenvalue weighted by Gasteiger charge is -1.94. The summed E-state index contributed by atoms with van der Waals surface area (Å²) in [6.07, 6.45) is 0. The van der Waals surface area contributed by atoms with Crippen LogP contribution in [0.5, 0.6) is 5.88 Å². The first-order valence-corrected chi connectivity index (χ1v) is 4.66. The van der Waals surface area contributed by atoms with E-state index in [0.29, 0.717) is 5.39 Å². The van der Waals surface area contributed by atoms with Gasteiger partial charge in [0.05, 0.1) is 11.4 Å². The van der Waals surface area contributed by atoms with E-state index in [9.17, 15) is 9.90 Å². The summed E-state index contributed by atoms with van der Waals surface area (Å²) >= 11 is 5.44. The molecule has 2 rings (SSSR count). The molecular formula is C10H8ClNO2. The van der Waals surface area contributed by atoms with Crippen molar-refractivity contribution in [2.24, 2.45) is 0 Å². The van der Waals surface area contributed by atoms with Crippen LogP contribution in [0.3, 0.4) is 0 Å². The van der Waals surface area contributed by atoms with E-state index in [1.165, 1.54) is 0 Å². The maximum absolute atomic E-state index is 11.4. The van der Waals surface area contributed by atoms with Crippen molar-refractivity contribution in [3.8, 4) is 5.88 Å². The second kappa shape index (κ2) is 3.35. The van der Waals surface area contributed by atoms with E-state index < -0.39 is 0 Å². The number of aromatic nitrogens is 1. The molecule has 4 heteroatoms. The number of Topliss-reactive ketones (excluding diaryl/α,β-unsaturated/α-hetero) is 1. The summed E-state index contributed by atoms with van der Waals surface area (Å²) < 4.78 is 0. The number of aromatic amines is 1. The molecule has 1 aromatic heterocycles. The van der Waals surface area contributed by atoms with Gasteiger partial charge in [0, 0.05) is 10.9 Å². The van der Waals surface area contributed by atoms with Gasteiger partial charge < -0.3 is 10.1 Å². The van der Waals surface area contributed by atoms with Gasteiger partial charge in [0.25, 0.3) is 0 Å². The lowest BCUT2D eigenvalue weighted by atomic mass is 10.1. The SMILES string of the molecule is O=C(CCl)c1c(O)[nH]c2ccccc12. The van der Waals surface area contributed by atoms with Crippen LogP contribution in [-0.4, -0.2) is 21.8 Å². The summed E-state index contributed by atoms with van der Waals surface area (Å²) in [6, 6.07) is 7.19. The molecule has 1 aromatic carbocycles. The molecule has 0 radical (unpaired) electrons. The van der Waals surface area contributed by atoms with Crippen molar-refractivity contribution < 1.29 is 9.90 Å². The maximum Gasteiger partial charge on any atom is 0.200 e. The number of hydrogen-bond donors (Lipinski definition) is 2. The fourth-order valence-electron chi connectivity index (χ4n) is 1.48. The minimum atomic E-state index is -0.276. The van der Waals surface area contributed by atoms with Gasteiger partial charge in [-0.05, 0) is 6.07 Å². The number of rotatable bonds is 2. The van der Waals surface area contributed by atoms with Gasteiger partial charge in [0.15, 0.2) is 5.78 Å². The molecule has 0 aliphatic carbocycles. The molecule has 0 aliphatic rings. The molecule has 0 aliphatic heterocycles. The third kappa shape index (κ3) is 1.26. The van der Waals surface area contributed by atoms with Crippen LogP contribution in [0, 0.1) is 0 Å². The highest BCUT2D eigenvalue weighted by atomic mass is 35.5. The van der Waals surface area contributed by atoms with Gasteiger partial charge in [-0.1, -0.05) is 18.2 Å². The molecule has 14 heavy (non-hydrogen) atoms. The van der Waals surface area contributed by atoms with E-state index in [2.05, 4.69) is 4.98 Å². The number of nitrogens with one attached hydrogen (secondary N) is 1. The first-order valence-electron chi connectivity index (χ1n) is 4.13. The first kappa shape index (κ1) is 9.09. The molecule has 0 atom stereocenters. The number of ketones is 1. The Morgan fingerprint density at radius 2 is 2.14 bits per heavy atom. The predicted molar refractivity (Wildman–Crippen MR) is 55.0 cm³/mol. The zero-order valence-corrected chi connectivity index (χ0v) is 8.01. The number of para-hydroxylation sites is 1. The molecule has 0 saturated heterocycles. The Hall–Kier alpha value is -1.48. The summed E-state index contributed by atoms with van der Waals surface area (Å²) in [7, 11) is 0. The quantitative estimate of drug-likeness (QED) is 0.589. The standard InChI is InChI=1S/C10H8ClNO2/c11-5-8(13)9-6-3-1-2-4-7(6)12-10(9)14/h1-4,12,14H,5H2. The van der Waals surface area contributed by atoms with Crippen LogP contribution in [0.1, 0.15) is 10.4 Å². The van der Waals surface area contributed by atoms with Crippen LogP contribution in [0.15, 0.2) is 24.3 Å². The molecule has 3 nitrogen and oxygen atoms in total. The van der Waals surface area contributed by atoms with E-state index in [4.69, 9.17) is 11.6 Å². The first-order chi connectivity index (χ1) is 6.74. The molecule has 0 saturated carbocycles. The van der Waals surface area contributed by atoms with Gasteiger partial charge in [-0.2, -0.15) is 0 Å². The van der Waals surface area contributed by atoms with Gasteiger partial charge in [-0.25, -0.2) is 0 Å². The second-order valence-corrected chi connectivity index (χ2v) is 3.22.